The van der Waals surface area contributed by atoms with Gasteiger partial charge in [0.2, 0.25) is 0 Å². The highest BCUT2D eigenvalue weighted by Gasteiger charge is 2.09. The molecule has 3 aromatic rings. The van der Waals surface area contributed by atoms with Crippen LogP contribution in [0.4, 0.5) is 0 Å². The third-order valence-electron chi connectivity index (χ3n) is 2.54. The minimum absolute atomic E-state index is 0.0602. The molecule has 0 aliphatic rings. The number of rotatable bonds is 3. The fourth-order valence-electron chi connectivity index (χ4n) is 1.67. The number of thiazole rings is 1. The number of benzene rings is 1. The SMILES string of the molecule is O=C(NCc1nc2ccccc2s1)c1ccc(Br)s1. The standard InChI is InChI=1S/C13H9BrN2OS2/c14-11-6-5-10(18-11)13(17)15-7-12-16-8-3-1-2-4-9(8)19-12/h1-6H,7H2,(H,15,17). The fourth-order valence-corrected chi connectivity index (χ4v) is 3.88. The van der Waals surface area contributed by atoms with Gasteiger partial charge in [-0.15, -0.1) is 22.7 Å². The number of halogens is 1. The molecule has 0 radical (unpaired) electrons. The number of nitrogens with zero attached hydrogens (tertiary/aromatic N) is 1. The van der Waals surface area contributed by atoms with Crippen LogP contribution in [0.15, 0.2) is 40.2 Å². The molecule has 0 bridgehead atoms. The Balaban J connectivity index is 1.70. The summed E-state index contributed by atoms with van der Waals surface area (Å²) in [6.45, 7) is 0.466. The van der Waals surface area contributed by atoms with Crippen LogP contribution < -0.4 is 5.32 Å². The second kappa shape index (κ2) is 5.40. The van der Waals surface area contributed by atoms with Crippen LogP contribution in [-0.4, -0.2) is 10.9 Å². The topological polar surface area (TPSA) is 42.0 Å². The van der Waals surface area contributed by atoms with Gasteiger partial charge in [0.25, 0.3) is 5.91 Å². The summed E-state index contributed by atoms with van der Waals surface area (Å²) in [6.07, 6.45) is 0. The zero-order valence-electron chi connectivity index (χ0n) is 9.72. The van der Waals surface area contributed by atoms with Gasteiger partial charge in [-0.1, -0.05) is 12.1 Å². The van der Waals surface area contributed by atoms with Crippen LogP contribution in [0.5, 0.6) is 0 Å². The van der Waals surface area contributed by atoms with Gasteiger partial charge in [-0.2, -0.15) is 0 Å². The van der Waals surface area contributed by atoms with Gasteiger partial charge in [0, 0.05) is 0 Å². The van der Waals surface area contributed by atoms with Crippen molar-refractivity contribution < 1.29 is 4.79 Å². The van der Waals surface area contributed by atoms with E-state index in [1.54, 1.807) is 11.3 Å². The van der Waals surface area contributed by atoms with Gasteiger partial charge < -0.3 is 5.32 Å². The Kier molecular flexibility index (Phi) is 3.63. The summed E-state index contributed by atoms with van der Waals surface area (Å²) in [5.74, 6) is -0.0602. The van der Waals surface area contributed by atoms with Crippen LogP contribution in [0.3, 0.4) is 0 Å². The molecule has 96 valence electrons. The van der Waals surface area contributed by atoms with Crippen molar-refractivity contribution in [1.29, 1.82) is 0 Å². The lowest BCUT2D eigenvalue weighted by Gasteiger charge is -1.99. The van der Waals surface area contributed by atoms with E-state index in [0.717, 1.165) is 19.0 Å². The van der Waals surface area contributed by atoms with E-state index in [2.05, 4.69) is 26.2 Å². The van der Waals surface area contributed by atoms with Gasteiger partial charge in [0.05, 0.1) is 25.4 Å². The smallest absolute Gasteiger partial charge is 0.261 e. The Hall–Kier alpha value is -1.24. The van der Waals surface area contributed by atoms with Crippen LogP contribution in [-0.2, 0) is 6.54 Å². The Labute approximate surface area is 126 Å². The Morgan fingerprint density at radius 2 is 2.05 bits per heavy atom. The van der Waals surface area contributed by atoms with Crippen LogP contribution in [0.25, 0.3) is 10.2 Å². The number of carbonyl (C=O) groups is 1. The maximum absolute atomic E-state index is 11.9. The quantitative estimate of drug-likeness (QED) is 0.772. The number of aromatic nitrogens is 1. The van der Waals surface area contributed by atoms with E-state index in [1.807, 2.05) is 36.4 Å². The highest BCUT2D eigenvalue weighted by Crippen LogP contribution is 2.23. The van der Waals surface area contributed by atoms with Crippen molar-refractivity contribution >= 4 is 54.7 Å². The van der Waals surface area contributed by atoms with E-state index in [-0.39, 0.29) is 5.91 Å². The lowest BCUT2D eigenvalue weighted by atomic mass is 10.3. The van der Waals surface area contributed by atoms with Gasteiger partial charge in [-0.25, -0.2) is 4.98 Å². The molecule has 3 rings (SSSR count). The summed E-state index contributed by atoms with van der Waals surface area (Å²) < 4.78 is 2.10. The molecule has 2 aromatic heterocycles. The number of hydrogen-bond acceptors (Lipinski definition) is 4. The maximum atomic E-state index is 11.9. The molecule has 0 spiro atoms. The third-order valence-corrected chi connectivity index (χ3v) is 5.19. The van der Waals surface area contributed by atoms with Crippen molar-refractivity contribution in [2.24, 2.45) is 0 Å². The summed E-state index contributed by atoms with van der Waals surface area (Å²) in [4.78, 5) is 17.1. The number of thiophene rings is 1. The number of para-hydroxylation sites is 1. The second-order valence-corrected chi connectivity index (χ2v) is 7.44. The first kappa shape index (κ1) is 12.8. The van der Waals surface area contributed by atoms with E-state index in [9.17, 15) is 4.79 Å². The molecule has 0 saturated carbocycles. The lowest BCUT2D eigenvalue weighted by Crippen LogP contribution is -2.21. The third kappa shape index (κ3) is 2.86. The van der Waals surface area contributed by atoms with Gasteiger partial charge in [-0.05, 0) is 40.2 Å². The highest BCUT2D eigenvalue weighted by atomic mass is 79.9. The molecule has 0 atom stereocenters. The number of amides is 1. The van der Waals surface area contributed by atoms with Crippen LogP contribution in [0.1, 0.15) is 14.7 Å². The lowest BCUT2D eigenvalue weighted by molar-refractivity contribution is 0.0955. The summed E-state index contributed by atoms with van der Waals surface area (Å²) in [5.41, 5.74) is 0.982. The van der Waals surface area contributed by atoms with E-state index in [4.69, 9.17) is 0 Å². The molecule has 1 N–H and O–H groups in total. The Morgan fingerprint density at radius 1 is 1.21 bits per heavy atom. The van der Waals surface area contributed by atoms with E-state index < -0.39 is 0 Å². The molecule has 0 aliphatic heterocycles. The predicted molar refractivity (Wildman–Crippen MR) is 82.8 cm³/mol. The number of nitrogens with one attached hydrogen (secondary N) is 1. The first-order valence-electron chi connectivity index (χ1n) is 5.60. The van der Waals surface area contributed by atoms with Crippen molar-refractivity contribution in [3.63, 3.8) is 0 Å². The number of hydrogen-bond donors (Lipinski definition) is 1. The van der Waals surface area contributed by atoms with Gasteiger partial charge in [-0.3, -0.25) is 4.79 Å². The highest BCUT2D eigenvalue weighted by molar-refractivity contribution is 9.11. The summed E-state index contributed by atoms with van der Waals surface area (Å²) in [5, 5.41) is 3.81. The predicted octanol–water partition coefficient (Wildman–Crippen LogP) is 4.05. The molecule has 1 aromatic carbocycles. The second-order valence-electron chi connectivity index (χ2n) is 3.86. The molecule has 0 fully saturated rings. The first-order chi connectivity index (χ1) is 9.22. The minimum Gasteiger partial charge on any atom is -0.345 e. The monoisotopic (exact) mass is 352 g/mol. The number of carbonyl (C=O) groups excluding carboxylic acids is 1. The fraction of sp³-hybridized carbons (Fsp3) is 0.0769. The van der Waals surface area contributed by atoms with E-state index in [0.29, 0.717) is 11.4 Å². The molecule has 0 aliphatic carbocycles. The van der Waals surface area contributed by atoms with E-state index in [1.165, 1.54) is 11.3 Å². The van der Waals surface area contributed by atoms with Gasteiger partial charge >= 0.3 is 0 Å². The summed E-state index contributed by atoms with van der Waals surface area (Å²) >= 11 is 6.38. The normalized spacial score (nSPS) is 10.8. The van der Waals surface area contributed by atoms with Crippen molar-refractivity contribution in [1.82, 2.24) is 10.3 Å². The average Bonchev–Trinajstić information content (AvgIpc) is 3.01. The van der Waals surface area contributed by atoms with Crippen molar-refractivity contribution in [3.8, 4) is 0 Å². The number of fused-ring (bicyclic) bond motifs is 1. The maximum Gasteiger partial charge on any atom is 0.261 e. The largest absolute Gasteiger partial charge is 0.345 e. The minimum atomic E-state index is -0.0602. The molecule has 1 amide bonds. The molecule has 0 saturated heterocycles. The molecular formula is C13H9BrN2OS2. The molecule has 19 heavy (non-hydrogen) atoms. The van der Waals surface area contributed by atoms with Gasteiger partial charge in [0.15, 0.2) is 0 Å². The van der Waals surface area contributed by atoms with Crippen LogP contribution >= 0.6 is 38.6 Å². The summed E-state index contributed by atoms with van der Waals surface area (Å²) in [6, 6.07) is 11.7. The zero-order valence-corrected chi connectivity index (χ0v) is 12.9. The molecular weight excluding hydrogens is 344 g/mol. The Morgan fingerprint density at radius 3 is 2.79 bits per heavy atom. The molecule has 6 heteroatoms. The van der Waals surface area contributed by atoms with Crippen molar-refractivity contribution in [3.05, 3.63) is 50.1 Å². The molecule has 3 nitrogen and oxygen atoms in total. The van der Waals surface area contributed by atoms with Crippen molar-refractivity contribution in [2.75, 3.05) is 0 Å². The molecule has 0 unspecified atom stereocenters. The van der Waals surface area contributed by atoms with Crippen molar-refractivity contribution in [2.45, 2.75) is 6.54 Å². The Bertz CT molecular complexity index is 702. The van der Waals surface area contributed by atoms with Crippen LogP contribution in [0.2, 0.25) is 0 Å². The molecule has 2 heterocycles. The average molecular weight is 353 g/mol. The zero-order chi connectivity index (χ0) is 13.2. The van der Waals surface area contributed by atoms with Gasteiger partial charge in [0.1, 0.15) is 5.01 Å². The summed E-state index contributed by atoms with van der Waals surface area (Å²) in [7, 11) is 0. The first-order valence-corrected chi connectivity index (χ1v) is 8.03. The van der Waals surface area contributed by atoms with E-state index >= 15 is 0 Å². The van der Waals surface area contributed by atoms with Crippen LogP contribution in [0, 0.1) is 0 Å².